The maximum Gasteiger partial charge on any atom is 0.264 e. The van der Waals surface area contributed by atoms with Crippen molar-refractivity contribution in [3.8, 4) is 0 Å². The second kappa shape index (κ2) is 5.13. The molecular weight excluding hydrogens is 266 g/mol. The van der Waals surface area contributed by atoms with E-state index in [0.29, 0.717) is 19.3 Å². The Morgan fingerprint density at radius 1 is 1.26 bits per heavy atom. The van der Waals surface area contributed by atoms with E-state index in [0.717, 1.165) is 5.56 Å². The lowest BCUT2D eigenvalue weighted by Gasteiger charge is -2.10. The highest BCUT2D eigenvalue weighted by molar-refractivity contribution is 7.90. The molecule has 102 valence electrons. The lowest BCUT2D eigenvalue weighted by Crippen LogP contribution is -2.37. The van der Waals surface area contributed by atoms with Crippen LogP contribution in [0.4, 0.5) is 0 Å². The van der Waals surface area contributed by atoms with E-state index in [1.807, 2.05) is 11.6 Å². The molecule has 1 fully saturated rings. The van der Waals surface area contributed by atoms with E-state index < -0.39 is 21.8 Å². The first-order valence-electron chi connectivity index (χ1n) is 6.06. The molecule has 1 N–H and O–H groups in total. The molecule has 0 spiro atoms. The number of carbonyl (C=O) groups excluding carboxylic acids is 2. The van der Waals surface area contributed by atoms with E-state index in [2.05, 4.69) is 0 Å². The van der Waals surface area contributed by atoms with Crippen molar-refractivity contribution in [2.24, 2.45) is 5.92 Å². The number of sulfonamides is 1. The van der Waals surface area contributed by atoms with Crippen LogP contribution < -0.4 is 4.72 Å². The molecule has 0 saturated heterocycles. The van der Waals surface area contributed by atoms with E-state index in [1.54, 1.807) is 12.1 Å². The van der Waals surface area contributed by atoms with Gasteiger partial charge in [0.1, 0.15) is 5.78 Å². The smallest absolute Gasteiger partial charge is 0.264 e. The van der Waals surface area contributed by atoms with Gasteiger partial charge in [0.25, 0.3) is 10.0 Å². The average Bonchev–Trinajstić information content (AvgIpc) is 2.75. The van der Waals surface area contributed by atoms with Crippen LogP contribution in [0, 0.1) is 12.8 Å². The van der Waals surface area contributed by atoms with Crippen LogP contribution in [0.25, 0.3) is 0 Å². The standard InChI is InChI=1S/C13H15NO4S/c1-9-5-7-10(8-6-9)19(17,18)14-13(16)11-3-2-4-12(11)15/h5-8,11H,2-4H2,1H3,(H,14,16). The second-order valence-corrected chi connectivity index (χ2v) is 6.38. The molecule has 1 amide bonds. The monoisotopic (exact) mass is 281 g/mol. The molecule has 0 heterocycles. The number of amides is 1. The van der Waals surface area contributed by atoms with E-state index in [-0.39, 0.29) is 10.7 Å². The minimum Gasteiger partial charge on any atom is -0.299 e. The first kappa shape index (κ1) is 13.7. The summed E-state index contributed by atoms with van der Waals surface area (Å²) in [4.78, 5) is 23.3. The molecule has 1 saturated carbocycles. The van der Waals surface area contributed by atoms with Gasteiger partial charge >= 0.3 is 0 Å². The zero-order valence-electron chi connectivity index (χ0n) is 10.5. The predicted molar refractivity (Wildman–Crippen MR) is 68.9 cm³/mol. The third-order valence-corrected chi connectivity index (χ3v) is 4.55. The highest BCUT2D eigenvalue weighted by Crippen LogP contribution is 2.22. The number of rotatable bonds is 3. The molecule has 0 aromatic heterocycles. The van der Waals surface area contributed by atoms with E-state index in [9.17, 15) is 18.0 Å². The summed E-state index contributed by atoms with van der Waals surface area (Å²) >= 11 is 0. The Kier molecular flexibility index (Phi) is 3.71. The Hall–Kier alpha value is -1.69. The fraction of sp³-hybridized carbons (Fsp3) is 0.385. The summed E-state index contributed by atoms with van der Waals surface area (Å²) in [5.41, 5.74) is 0.927. The second-order valence-electron chi connectivity index (χ2n) is 4.69. The Bertz CT molecular complexity index is 604. The Labute approximate surface area is 112 Å². The normalized spacial score (nSPS) is 19.4. The summed E-state index contributed by atoms with van der Waals surface area (Å²) in [5.74, 6) is -1.72. The molecule has 1 aliphatic rings. The molecule has 19 heavy (non-hydrogen) atoms. The third-order valence-electron chi connectivity index (χ3n) is 3.19. The van der Waals surface area contributed by atoms with Crippen LogP contribution in [-0.4, -0.2) is 20.1 Å². The largest absolute Gasteiger partial charge is 0.299 e. The minimum atomic E-state index is -3.89. The highest BCUT2D eigenvalue weighted by Gasteiger charge is 2.33. The molecular formula is C13H15NO4S. The fourth-order valence-corrected chi connectivity index (χ4v) is 3.09. The van der Waals surface area contributed by atoms with Gasteiger partial charge in [0.15, 0.2) is 0 Å². The van der Waals surface area contributed by atoms with E-state index in [4.69, 9.17) is 0 Å². The molecule has 1 aromatic rings. The van der Waals surface area contributed by atoms with Gasteiger partial charge in [-0.1, -0.05) is 17.7 Å². The van der Waals surface area contributed by atoms with Crippen LogP contribution in [0.3, 0.4) is 0 Å². The van der Waals surface area contributed by atoms with Gasteiger partial charge in [-0.25, -0.2) is 13.1 Å². The summed E-state index contributed by atoms with van der Waals surface area (Å²) < 4.78 is 25.9. The van der Waals surface area contributed by atoms with Crippen LogP contribution in [0.2, 0.25) is 0 Å². The van der Waals surface area contributed by atoms with Gasteiger partial charge in [-0.15, -0.1) is 0 Å². The molecule has 0 aliphatic heterocycles. The SMILES string of the molecule is Cc1ccc(S(=O)(=O)NC(=O)C2CCCC2=O)cc1. The molecule has 1 aromatic carbocycles. The summed E-state index contributed by atoms with van der Waals surface area (Å²) in [6.45, 7) is 1.84. The molecule has 1 unspecified atom stereocenters. The van der Waals surface area contributed by atoms with Crippen molar-refractivity contribution in [2.75, 3.05) is 0 Å². The maximum absolute atomic E-state index is 12.0. The summed E-state index contributed by atoms with van der Waals surface area (Å²) in [6, 6.07) is 6.17. The van der Waals surface area contributed by atoms with Gasteiger partial charge in [-0.05, 0) is 31.9 Å². The zero-order chi connectivity index (χ0) is 14.0. The molecule has 6 heteroatoms. The van der Waals surface area contributed by atoms with Gasteiger partial charge in [-0.2, -0.15) is 0 Å². The Morgan fingerprint density at radius 2 is 1.89 bits per heavy atom. The van der Waals surface area contributed by atoms with Gasteiger partial charge < -0.3 is 0 Å². The van der Waals surface area contributed by atoms with Crippen LogP contribution in [0.15, 0.2) is 29.2 Å². The fourth-order valence-electron chi connectivity index (χ4n) is 2.07. The minimum absolute atomic E-state index is 0.0249. The summed E-state index contributed by atoms with van der Waals surface area (Å²) in [7, 11) is -3.89. The van der Waals surface area contributed by atoms with Gasteiger partial charge in [-0.3, -0.25) is 9.59 Å². The molecule has 5 nitrogen and oxygen atoms in total. The number of benzene rings is 1. The topological polar surface area (TPSA) is 80.3 Å². The van der Waals surface area contributed by atoms with Crippen LogP contribution in [-0.2, 0) is 19.6 Å². The quantitative estimate of drug-likeness (QED) is 0.843. The molecule has 2 rings (SSSR count). The van der Waals surface area contributed by atoms with Crippen molar-refractivity contribution in [1.29, 1.82) is 0 Å². The summed E-state index contributed by atoms with van der Waals surface area (Å²) in [6.07, 6.45) is 1.41. The molecule has 1 aliphatic carbocycles. The zero-order valence-corrected chi connectivity index (χ0v) is 11.4. The number of ketones is 1. The van der Waals surface area contributed by atoms with Crippen molar-refractivity contribution >= 4 is 21.7 Å². The number of hydrogen-bond donors (Lipinski definition) is 1. The highest BCUT2D eigenvalue weighted by atomic mass is 32.2. The van der Waals surface area contributed by atoms with Crippen LogP contribution in [0.1, 0.15) is 24.8 Å². The van der Waals surface area contributed by atoms with Gasteiger partial charge in [0, 0.05) is 6.42 Å². The van der Waals surface area contributed by atoms with Crippen molar-refractivity contribution in [3.05, 3.63) is 29.8 Å². The molecule has 0 bridgehead atoms. The Morgan fingerprint density at radius 3 is 2.42 bits per heavy atom. The van der Waals surface area contributed by atoms with Crippen molar-refractivity contribution in [3.63, 3.8) is 0 Å². The van der Waals surface area contributed by atoms with Crippen LogP contribution in [0.5, 0.6) is 0 Å². The lowest BCUT2D eigenvalue weighted by molar-refractivity contribution is -0.131. The van der Waals surface area contributed by atoms with E-state index >= 15 is 0 Å². The number of carbonyl (C=O) groups is 2. The number of Topliss-reactive ketones (excluding diaryl/α,β-unsaturated/α-hetero) is 1. The number of aryl methyl sites for hydroxylation is 1. The third kappa shape index (κ3) is 3.01. The first-order valence-corrected chi connectivity index (χ1v) is 7.54. The van der Waals surface area contributed by atoms with Crippen LogP contribution >= 0.6 is 0 Å². The Balaban J connectivity index is 2.15. The molecule has 0 radical (unpaired) electrons. The number of nitrogens with one attached hydrogen (secondary N) is 1. The lowest BCUT2D eigenvalue weighted by atomic mass is 10.1. The molecule has 1 atom stereocenters. The van der Waals surface area contributed by atoms with E-state index in [1.165, 1.54) is 12.1 Å². The van der Waals surface area contributed by atoms with Crippen molar-refractivity contribution in [2.45, 2.75) is 31.1 Å². The average molecular weight is 281 g/mol. The van der Waals surface area contributed by atoms with Gasteiger partial charge in [0.2, 0.25) is 5.91 Å². The first-order chi connectivity index (χ1) is 8.90. The summed E-state index contributed by atoms with van der Waals surface area (Å²) in [5, 5.41) is 0. The maximum atomic E-state index is 12.0. The van der Waals surface area contributed by atoms with Crippen molar-refractivity contribution < 1.29 is 18.0 Å². The predicted octanol–water partition coefficient (Wildman–Crippen LogP) is 1.17. The number of hydrogen-bond acceptors (Lipinski definition) is 4. The van der Waals surface area contributed by atoms with Crippen molar-refractivity contribution in [1.82, 2.24) is 4.72 Å². The van der Waals surface area contributed by atoms with Gasteiger partial charge in [0.05, 0.1) is 10.8 Å².